The number of rotatable bonds is 3. The molecular weight excluding hydrogens is 252 g/mol. The molecule has 0 aliphatic rings. The van der Waals surface area contributed by atoms with Crippen LogP contribution in [0.25, 0.3) is 0 Å². The van der Waals surface area contributed by atoms with Gasteiger partial charge in [0, 0.05) is 12.7 Å². The van der Waals surface area contributed by atoms with E-state index in [0.29, 0.717) is 4.90 Å². The molecule has 0 atom stereocenters. The van der Waals surface area contributed by atoms with Crippen LogP contribution in [0.1, 0.15) is 5.56 Å². The van der Waals surface area contributed by atoms with Crippen LogP contribution in [0.15, 0.2) is 24.3 Å². The van der Waals surface area contributed by atoms with Crippen molar-refractivity contribution in [3.63, 3.8) is 0 Å². The Bertz CT molecular complexity index is 496. The summed E-state index contributed by atoms with van der Waals surface area (Å²) in [7, 11) is 0.940. The van der Waals surface area contributed by atoms with Crippen molar-refractivity contribution in [2.45, 2.75) is 12.3 Å². The van der Waals surface area contributed by atoms with Crippen LogP contribution < -0.4 is 4.90 Å². The predicted molar refractivity (Wildman–Crippen MR) is 55.5 cm³/mol. The average molecular weight is 260 g/mol. The molecular formula is C11H8F4N2O. The van der Waals surface area contributed by atoms with Gasteiger partial charge in [-0.2, -0.15) is 14.0 Å². The van der Waals surface area contributed by atoms with Crippen molar-refractivity contribution < 1.29 is 22.4 Å². The van der Waals surface area contributed by atoms with Gasteiger partial charge in [-0.25, -0.2) is 8.78 Å². The Morgan fingerprint density at radius 3 is 2.56 bits per heavy atom. The highest BCUT2D eigenvalue weighted by molar-refractivity contribution is 5.98. The molecule has 0 bridgehead atoms. The molecule has 0 radical (unpaired) electrons. The van der Waals surface area contributed by atoms with Crippen molar-refractivity contribution in [1.82, 2.24) is 0 Å². The van der Waals surface area contributed by atoms with Crippen LogP contribution in [0.2, 0.25) is 0 Å². The summed E-state index contributed by atoms with van der Waals surface area (Å²) in [4.78, 5) is 11.6. The van der Waals surface area contributed by atoms with Crippen molar-refractivity contribution in [3.05, 3.63) is 29.8 Å². The second-order valence-corrected chi connectivity index (χ2v) is 3.45. The van der Waals surface area contributed by atoms with Crippen LogP contribution in [0, 0.1) is 11.3 Å². The number of amides is 1. The third-order valence-corrected chi connectivity index (χ3v) is 2.23. The maximum atomic E-state index is 12.9. The highest BCUT2D eigenvalue weighted by atomic mass is 19.3. The molecule has 1 rings (SSSR count). The Morgan fingerprint density at radius 2 is 2.06 bits per heavy atom. The summed E-state index contributed by atoms with van der Waals surface area (Å²) in [6, 6.07) is 6.92. The molecule has 0 unspecified atom stereocenters. The molecule has 0 saturated heterocycles. The number of nitriles is 1. The van der Waals surface area contributed by atoms with Gasteiger partial charge in [0.15, 0.2) is 0 Å². The zero-order chi connectivity index (χ0) is 13.9. The fourth-order valence-corrected chi connectivity index (χ4v) is 1.22. The second-order valence-electron chi connectivity index (χ2n) is 3.45. The topological polar surface area (TPSA) is 44.1 Å². The SMILES string of the molecule is CN(C(=O)C(F)(F)C(F)F)c1cccc(C#N)c1. The molecule has 0 saturated carbocycles. The zero-order valence-corrected chi connectivity index (χ0v) is 9.20. The van der Waals surface area contributed by atoms with E-state index in [4.69, 9.17) is 5.26 Å². The van der Waals surface area contributed by atoms with Crippen molar-refractivity contribution in [3.8, 4) is 6.07 Å². The Kier molecular flexibility index (Phi) is 3.91. The summed E-state index contributed by atoms with van der Waals surface area (Å²) >= 11 is 0. The Hall–Kier alpha value is -2.10. The Morgan fingerprint density at radius 1 is 1.44 bits per heavy atom. The standard InChI is InChI=1S/C11H8F4N2O/c1-17(10(18)11(14,15)9(12)13)8-4-2-3-7(5-8)6-16/h2-5,9H,1H3. The summed E-state index contributed by atoms with van der Waals surface area (Å²) in [6.07, 6.45) is -4.08. The van der Waals surface area contributed by atoms with Crippen LogP contribution >= 0.6 is 0 Å². The molecule has 0 aliphatic heterocycles. The molecule has 0 fully saturated rings. The smallest absolute Gasteiger partial charge is 0.310 e. The number of anilines is 1. The van der Waals surface area contributed by atoms with Crippen molar-refractivity contribution in [2.75, 3.05) is 11.9 Å². The van der Waals surface area contributed by atoms with E-state index in [9.17, 15) is 22.4 Å². The first-order chi connectivity index (χ1) is 8.30. The molecule has 0 aromatic heterocycles. The van der Waals surface area contributed by atoms with Crippen LogP contribution in [0.5, 0.6) is 0 Å². The van der Waals surface area contributed by atoms with Crippen LogP contribution in [0.4, 0.5) is 23.2 Å². The van der Waals surface area contributed by atoms with Crippen molar-refractivity contribution in [2.24, 2.45) is 0 Å². The minimum absolute atomic E-state index is 0.0561. The Balaban J connectivity index is 3.04. The number of nitrogens with zero attached hydrogens (tertiary/aromatic N) is 2. The number of hydrogen-bond acceptors (Lipinski definition) is 2. The fourth-order valence-electron chi connectivity index (χ4n) is 1.22. The van der Waals surface area contributed by atoms with Gasteiger partial charge < -0.3 is 4.90 Å². The summed E-state index contributed by atoms with van der Waals surface area (Å²) in [5.74, 6) is -6.77. The summed E-state index contributed by atoms with van der Waals surface area (Å²) in [5.41, 5.74) is 0.0758. The lowest BCUT2D eigenvalue weighted by Crippen LogP contribution is -2.46. The van der Waals surface area contributed by atoms with Crippen LogP contribution in [0.3, 0.4) is 0 Å². The van der Waals surface area contributed by atoms with Gasteiger partial charge >= 0.3 is 18.3 Å². The van der Waals surface area contributed by atoms with E-state index in [0.717, 1.165) is 13.1 Å². The molecule has 1 aromatic carbocycles. The highest BCUT2D eigenvalue weighted by Gasteiger charge is 2.50. The number of halogens is 4. The van der Waals surface area contributed by atoms with E-state index in [1.807, 2.05) is 0 Å². The predicted octanol–water partition coefficient (Wildman–Crippen LogP) is 2.42. The van der Waals surface area contributed by atoms with Crippen molar-refractivity contribution >= 4 is 11.6 Å². The highest BCUT2D eigenvalue weighted by Crippen LogP contribution is 2.27. The first-order valence-corrected chi connectivity index (χ1v) is 4.75. The fraction of sp³-hybridized carbons (Fsp3) is 0.273. The van der Waals surface area contributed by atoms with E-state index >= 15 is 0 Å². The average Bonchev–Trinajstić information content (AvgIpc) is 2.36. The van der Waals surface area contributed by atoms with Crippen LogP contribution in [-0.4, -0.2) is 25.3 Å². The van der Waals surface area contributed by atoms with Gasteiger partial charge in [-0.1, -0.05) is 6.07 Å². The molecule has 3 nitrogen and oxygen atoms in total. The molecule has 1 amide bonds. The molecule has 0 N–H and O–H groups in total. The summed E-state index contributed by atoms with van der Waals surface area (Å²) < 4.78 is 49.8. The second kappa shape index (κ2) is 5.04. The molecule has 18 heavy (non-hydrogen) atoms. The molecule has 0 spiro atoms. The maximum absolute atomic E-state index is 12.9. The number of benzene rings is 1. The van der Waals surface area contributed by atoms with Gasteiger partial charge in [0.05, 0.1) is 11.6 Å². The minimum Gasteiger partial charge on any atom is -0.310 e. The van der Waals surface area contributed by atoms with E-state index in [1.54, 1.807) is 6.07 Å². The molecule has 7 heteroatoms. The van der Waals surface area contributed by atoms with E-state index < -0.39 is 18.3 Å². The normalized spacial score (nSPS) is 11.2. The van der Waals surface area contributed by atoms with Gasteiger partial charge in [0.1, 0.15) is 0 Å². The quantitative estimate of drug-likeness (QED) is 0.783. The van der Waals surface area contributed by atoms with Crippen molar-refractivity contribution in [1.29, 1.82) is 5.26 Å². The first-order valence-electron chi connectivity index (χ1n) is 4.75. The lowest BCUT2D eigenvalue weighted by Gasteiger charge is -2.22. The van der Waals surface area contributed by atoms with E-state index in [2.05, 4.69) is 0 Å². The van der Waals surface area contributed by atoms with Gasteiger partial charge in [0.25, 0.3) is 0 Å². The summed E-state index contributed by atoms with van der Waals surface area (Å²) in [6.45, 7) is 0. The number of alkyl halides is 4. The lowest BCUT2D eigenvalue weighted by molar-refractivity contribution is -0.166. The van der Waals surface area contributed by atoms with Gasteiger partial charge in [-0.3, -0.25) is 4.79 Å². The minimum atomic E-state index is -4.75. The maximum Gasteiger partial charge on any atom is 0.384 e. The van der Waals surface area contributed by atoms with Gasteiger partial charge in [0.2, 0.25) is 0 Å². The van der Waals surface area contributed by atoms with Crippen LogP contribution in [-0.2, 0) is 4.79 Å². The van der Waals surface area contributed by atoms with Gasteiger partial charge in [-0.15, -0.1) is 0 Å². The molecule has 0 aliphatic carbocycles. The lowest BCUT2D eigenvalue weighted by atomic mass is 10.2. The van der Waals surface area contributed by atoms with E-state index in [-0.39, 0.29) is 11.3 Å². The third-order valence-electron chi connectivity index (χ3n) is 2.23. The first kappa shape index (κ1) is 14.0. The largest absolute Gasteiger partial charge is 0.384 e. The Labute approximate surface area is 100 Å². The zero-order valence-electron chi connectivity index (χ0n) is 9.20. The third kappa shape index (κ3) is 2.59. The van der Waals surface area contributed by atoms with E-state index in [1.165, 1.54) is 18.2 Å². The molecule has 1 aromatic rings. The number of carbonyl (C=O) groups excluding carboxylic acids is 1. The molecule has 0 heterocycles. The number of hydrogen-bond donors (Lipinski definition) is 0. The molecule has 96 valence electrons. The number of carbonyl (C=O) groups is 1. The monoisotopic (exact) mass is 260 g/mol. The summed E-state index contributed by atoms with van der Waals surface area (Å²) in [5, 5.41) is 8.61. The van der Waals surface area contributed by atoms with Gasteiger partial charge in [-0.05, 0) is 18.2 Å².